The number of pyridine rings is 1. The zero-order valence-electron chi connectivity index (χ0n) is 14.7. The van der Waals surface area contributed by atoms with Gasteiger partial charge in [-0.15, -0.1) is 0 Å². The first-order valence-corrected chi connectivity index (χ1v) is 9.55. The number of likely N-dealkylation sites (tertiary alicyclic amines) is 1. The van der Waals surface area contributed by atoms with Crippen molar-refractivity contribution in [1.82, 2.24) is 20.1 Å². The smallest absolute Gasteiger partial charge is 0.225 e. The molecule has 1 amide bonds. The average molecular weight is 338 g/mol. The van der Waals surface area contributed by atoms with E-state index in [4.69, 9.17) is 0 Å². The number of amides is 1. The Morgan fingerprint density at radius 3 is 2.64 bits per heavy atom. The monoisotopic (exact) mass is 338 g/mol. The Hall–Kier alpha value is -2.17. The quantitative estimate of drug-likeness (QED) is 0.927. The van der Waals surface area contributed by atoms with Crippen LogP contribution in [0, 0.1) is 5.92 Å². The van der Waals surface area contributed by atoms with E-state index in [1.807, 2.05) is 18.6 Å². The number of nitrogens with one attached hydrogen (secondary N) is 1. The van der Waals surface area contributed by atoms with Crippen LogP contribution in [0.5, 0.6) is 0 Å². The maximum atomic E-state index is 12.8. The highest BCUT2D eigenvalue weighted by molar-refractivity contribution is 5.79. The molecule has 2 aromatic rings. The molecule has 1 saturated carbocycles. The van der Waals surface area contributed by atoms with Crippen LogP contribution < -0.4 is 0 Å². The maximum Gasteiger partial charge on any atom is 0.225 e. The minimum atomic E-state index is 0.268. The van der Waals surface area contributed by atoms with Crippen molar-refractivity contribution < 1.29 is 4.79 Å². The maximum absolute atomic E-state index is 12.8. The molecule has 4 rings (SSSR count). The first-order chi connectivity index (χ1) is 12.3. The van der Waals surface area contributed by atoms with Crippen LogP contribution in [0.4, 0.5) is 0 Å². The van der Waals surface area contributed by atoms with Gasteiger partial charge in [-0.1, -0.05) is 25.3 Å². The van der Waals surface area contributed by atoms with Crippen molar-refractivity contribution in [3.63, 3.8) is 0 Å². The fourth-order valence-corrected chi connectivity index (χ4v) is 4.25. The zero-order chi connectivity index (χ0) is 17.1. The number of carbonyl (C=O) groups is 1. The van der Waals surface area contributed by atoms with Crippen molar-refractivity contribution >= 4 is 5.91 Å². The van der Waals surface area contributed by atoms with Crippen LogP contribution in [0.2, 0.25) is 0 Å². The van der Waals surface area contributed by atoms with E-state index in [0.717, 1.165) is 55.6 Å². The second-order valence-electron chi connectivity index (χ2n) is 7.42. The highest BCUT2D eigenvalue weighted by Gasteiger charge is 2.30. The molecule has 0 bridgehead atoms. The largest absolute Gasteiger partial charge is 0.342 e. The lowest BCUT2D eigenvalue weighted by Gasteiger charge is -2.35. The summed E-state index contributed by atoms with van der Waals surface area (Å²) in [6.45, 7) is 1.74. The predicted molar refractivity (Wildman–Crippen MR) is 96.9 cm³/mol. The Balaban J connectivity index is 1.43. The molecule has 2 aromatic heterocycles. The normalized spacial score (nSPS) is 22.1. The number of piperidine rings is 1. The molecule has 3 heterocycles. The fourth-order valence-electron chi connectivity index (χ4n) is 4.25. The van der Waals surface area contributed by atoms with Gasteiger partial charge in [0.2, 0.25) is 5.91 Å². The van der Waals surface area contributed by atoms with Gasteiger partial charge in [-0.2, -0.15) is 5.10 Å². The summed E-state index contributed by atoms with van der Waals surface area (Å²) >= 11 is 0. The van der Waals surface area contributed by atoms with Gasteiger partial charge < -0.3 is 4.90 Å². The summed E-state index contributed by atoms with van der Waals surface area (Å²) in [4.78, 5) is 19.6. The lowest BCUT2D eigenvalue weighted by atomic mass is 9.86. The van der Waals surface area contributed by atoms with E-state index in [2.05, 4.69) is 32.2 Å². The van der Waals surface area contributed by atoms with Crippen molar-refractivity contribution in [2.45, 2.75) is 50.9 Å². The Morgan fingerprint density at radius 1 is 1.04 bits per heavy atom. The molecule has 1 atom stereocenters. The van der Waals surface area contributed by atoms with Gasteiger partial charge in [-0.05, 0) is 31.7 Å². The molecular weight excluding hydrogens is 312 g/mol. The molecule has 1 aliphatic heterocycles. The Labute approximate surface area is 148 Å². The van der Waals surface area contributed by atoms with Crippen LogP contribution in [0.15, 0.2) is 30.7 Å². The third-order valence-electron chi connectivity index (χ3n) is 5.72. The number of H-pyrrole nitrogens is 1. The van der Waals surface area contributed by atoms with Crippen LogP contribution in [0.1, 0.15) is 56.6 Å². The van der Waals surface area contributed by atoms with Crippen LogP contribution in [0.3, 0.4) is 0 Å². The first kappa shape index (κ1) is 16.3. The molecule has 1 N–H and O–H groups in total. The van der Waals surface area contributed by atoms with Crippen molar-refractivity contribution in [3.05, 3.63) is 36.4 Å². The first-order valence-electron chi connectivity index (χ1n) is 9.55. The average Bonchev–Trinajstić information content (AvgIpc) is 3.23. The second kappa shape index (κ2) is 7.38. The van der Waals surface area contributed by atoms with Crippen molar-refractivity contribution in [3.8, 4) is 11.1 Å². The number of rotatable bonds is 3. The number of aromatic amines is 1. The van der Waals surface area contributed by atoms with Gasteiger partial charge in [-0.3, -0.25) is 14.9 Å². The van der Waals surface area contributed by atoms with Gasteiger partial charge in [0.15, 0.2) is 0 Å². The zero-order valence-corrected chi connectivity index (χ0v) is 14.7. The number of hydrogen-bond acceptors (Lipinski definition) is 3. The van der Waals surface area contributed by atoms with E-state index in [0.29, 0.717) is 11.8 Å². The molecule has 2 aliphatic rings. The number of nitrogens with zero attached hydrogens (tertiary/aromatic N) is 3. The van der Waals surface area contributed by atoms with Crippen LogP contribution >= 0.6 is 0 Å². The third kappa shape index (κ3) is 3.60. The van der Waals surface area contributed by atoms with Gasteiger partial charge in [0, 0.05) is 54.1 Å². The molecule has 0 spiro atoms. The van der Waals surface area contributed by atoms with Crippen molar-refractivity contribution in [2.24, 2.45) is 5.92 Å². The van der Waals surface area contributed by atoms with E-state index in [9.17, 15) is 4.79 Å². The minimum absolute atomic E-state index is 0.268. The second-order valence-corrected chi connectivity index (χ2v) is 7.42. The summed E-state index contributed by atoms with van der Waals surface area (Å²) in [7, 11) is 0. The van der Waals surface area contributed by atoms with Gasteiger partial charge in [-0.25, -0.2) is 0 Å². The molecule has 5 heteroatoms. The Kier molecular flexibility index (Phi) is 4.81. The summed E-state index contributed by atoms with van der Waals surface area (Å²) in [6.07, 6.45) is 13.7. The topological polar surface area (TPSA) is 61.9 Å². The molecular formula is C20H26N4O. The van der Waals surface area contributed by atoms with E-state index < -0.39 is 0 Å². The summed E-state index contributed by atoms with van der Waals surface area (Å²) in [5.41, 5.74) is 3.23. The summed E-state index contributed by atoms with van der Waals surface area (Å²) < 4.78 is 0. The molecule has 1 saturated heterocycles. The molecule has 5 nitrogen and oxygen atoms in total. The molecule has 132 valence electrons. The number of aromatic nitrogens is 3. The van der Waals surface area contributed by atoms with E-state index >= 15 is 0 Å². The molecule has 2 fully saturated rings. The van der Waals surface area contributed by atoms with Crippen molar-refractivity contribution in [2.75, 3.05) is 13.1 Å². The molecule has 0 radical (unpaired) electrons. The highest BCUT2D eigenvalue weighted by atomic mass is 16.2. The molecule has 1 unspecified atom stereocenters. The van der Waals surface area contributed by atoms with Gasteiger partial charge in [0.25, 0.3) is 0 Å². The Bertz CT molecular complexity index is 689. The van der Waals surface area contributed by atoms with Crippen LogP contribution in [-0.4, -0.2) is 39.1 Å². The highest BCUT2D eigenvalue weighted by Crippen LogP contribution is 2.31. The lowest BCUT2D eigenvalue weighted by molar-refractivity contribution is -0.137. The summed E-state index contributed by atoms with van der Waals surface area (Å²) in [5.74, 6) is 1.02. The minimum Gasteiger partial charge on any atom is -0.342 e. The van der Waals surface area contributed by atoms with E-state index in [1.54, 1.807) is 0 Å². The molecule has 0 aromatic carbocycles. The standard InChI is InChI=1S/C20H26N4O/c25-20(15-5-2-1-3-6-15)24-10-4-7-17(14-24)19-9-8-16(11-21-19)18-12-22-23-13-18/h8-9,11-13,15,17H,1-7,10,14H2,(H,22,23). The predicted octanol–water partition coefficient (Wildman–Crippen LogP) is 3.76. The number of hydrogen-bond donors (Lipinski definition) is 1. The summed E-state index contributed by atoms with van der Waals surface area (Å²) in [6, 6.07) is 4.22. The van der Waals surface area contributed by atoms with Gasteiger partial charge in [0.1, 0.15) is 0 Å². The van der Waals surface area contributed by atoms with Crippen LogP contribution in [0.25, 0.3) is 11.1 Å². The molecule has 1 aliphatic carbocycles. The summed E-state index contributed by atoms with van der Waals surface area (Å²) in [5, 5.41) is 6.82. The SMILES string of the molecule is O=C(C1CCCCC1)N1CCCC(c2ccc(-c3cn[nH]c3)cn2)C1. The van der Waals surface area contributed by atoms with Crippen LogP contribution in [-0.2, 0) is 4.79 Å². The van der Waals surface area contributed by atoms with Crippen molar-refractivity contribution in [1.29, 1.82) is 0 Å². The number of carbonyl (C=O) groups excluding carboxylic acids is 1. The van der Waals surface area contributed by atoms with E-state index in [-0.39, 0.29) is 5.92 Å². The third-order valence-corrected chi connectivity index (χ3v) is 5.72. The van der Waals surface area contributed by atoms with Gasteiger partial charge in [0.05, 0.1) is 6.20 Å². The fraction of sp³-hybridized carbons (Fsp3) is 0.550. The Morgan fingerprint density at radius 2 is 1.92 bits per heavy atom. The van der Waals surface area contributed by atoms with Gasteiger partial charge >= 0.3 is 0 Å². The lowest BCUT2D eigenvalue weighted by Crippen LogP contribution is -2.43. The molecule has 25 heavy (non-hydrogen) atoms. The van der Waals surface area contributed by atoms with E-state index in [1.165, 1.54) is 19.3 Å².